The number of esters is 1. The lowest BCUT2D eigenvalue weighted by molar-refractivity contribution is -0.141. The predicted molar refractivity (Wildman–Crippen MR) is 102 cm³/mol. The minimum Gasteiger partial charge on any atom is -0.469 e. The van der Waals surface area contributed by atoms with Gasteiger partial charge in [0.25, 0.3) is 0 Å². The van der Waals surface area contributed by atoms with Gasteiger partial charge in [-0.3, -0.25) is 4.79 Å². The molecule has 0 spiro atoms. The highest BCUT2D eigenvalue weighted by atomic mass is 16.5. The molecule has 2 aromatic rings. The maximum atomic E-state index is 12.4. The van der Waals surface area contributed by atoms with Crippen LogP contribution in [-0.4, -0.2) is 23.0 Å². The Morgan fingerprint density at radius 3 is 1.88 bits per heavy atom. The van der Waals surface area contributed by atoms with Crippen LogP contribution in [-0.2, 0) is 14.9 Å². The monoisotopic (exact) mass is 344 g/mol. The van der Waals surface area contributed by atoms with Gasteiger partial charge in [0.05, 0.1) is 13.5 Å². The average molecular weight is 344 g/mol. The van der Waals surface area contributed by atoms with Crippen LogP contribution in [0.3, 0.4) is 0 Å². The van der Waals surface area contributed by atoms with E-state index in [0.29, 0.717) is 6.42 Å². The highest BCUT2D eigenvalue weighted by Gasteiger charge is 2.40. The van der Waals surface area contributed by atoms with E-state index in [4.69, 9.17) is 4.74 Å². The van der Waals surface area contributed by atoms with Gasteiger partial charge < -0.3 is 14.7 Å². The van der Waals surface area contributed by atoms with E-state index in [1.165, 1.54) is 18.2 Å². The summed E-state index contributed by atoms with van der Waals surface area (Å²) in [5.41, 5.74) is 6.60. The van der Waals surface area contributed by atoms with Crippen LogP contribution in [0, 0.1) is 27.7 Å². The molecule has 0 bridgehead atoms. The summed E-state index contributed by atoms with van der Waals surface area (Å²) >= 11 is 0. The van der Waals surface area contributed by atoms with Gasteiger partial charge in [-0.15, -0.1) is 0 Å². The number of aryl methyl sites for hydroxylation is 4. The van der Waals surface area contributed by atoms with Gasteiger partial charge in [0.15, 0.2) is 0 Å². The van der Waals surface area contributed by atoms with E-state index in [-0.39, 0.29) is 11.4 Å². The van der Waals surface area contributed by atoms with Crippen molar-refractivity contribution in [3.05, 3.63) is 46.0 Å². The lowest BCUT2D eigenvalue weighted by Gasteiger charge is -2.34. The first-order valence-corrected chi connectivity index (χ1v) is 9.24. The van der Waals surface area contributed by atoms with Crippen LogP contribution >= 0.6 is 0 Å². The summed E-state index contributed by atoms with van der Waals surface area (Å²) in [5.74, 6) is -0.159. The van der Waals surface area contributed by atoms with Crippen molar-refractivity contribution in [3.63, 3.8) is 0 Å². The molecule has 0 atom stereocenters. The SMILES string of the molecule is CCCCCC(CC(=O)OC)(c1cc(C)[nH]c1C)c1cc(C)[nH]c1C. The summed E-state index contributed by atoms with van der Waals surface area (Å²) in [6, 6.07) is 4.40. The third kappa shape index (κ3) is 4.00. The van der Waals surface area contributed by atoms with E-state index >= 15 is 0 Å². The molecule has 0 saturated heterocycles. The molecule has 2 N–H and O–H groups in total. The van der Waals surface area contributed by atoms with Crippen molar-refractivity contribution in [2.75, 3.05) is 7.11 Å². The predicted octanol–water partition coefficient (Wildman–Crippen LogP) is 5.01. The van der Waals surface area contributed by atoms with Crippen LogP contribution in [0.2, 0.25) is 0 Å². The summed E-state index contributed by atoms with van der Waals surface area (Å²) in [5, 5.41) is 0. The lowest BCUT2D eigenvalue weighted by atomic mass is 9.68. The number of ether oxygens (including phenoxy) is 1. The van der Waals surface area contributed by atoms with Gasteiger partial charge in [0.2, 0.25) is 0 Å². The number of methoxy groups -OCH3 is 1. The van der Waals surface area contributed by atoms with Gasteiger partial charge in [-0.25, -0.2) is 0 Å². The van der Waals surface area contributed by atoms with E-state index < -0.39 is 0 Å². The topological polar surface area (TPSA) is 57.9 Å². The van der Waals surface area contributed by atoms with Crippen LogP contribution in [0.15, 0.2) is 12.1 Å². The number of unbranched alkanes of at least 4 members (excludes halogenated alkanes) is 2. The third-order valence-electron chi connectivity index (χ3n) is 5.21. The largest absolute Gasteiger partial charge is 0.469 e. The number of nitrogens with one attached hydrogen (secondary N) is 2. The minimum absolute atomic E-state index is 0.159. The Kier molecular flexibility index (Phi) is 6.15. The number of hydrogen-bond donors (Lipinski definition) is 2. The van der Waals surface area contributed by atoms with Crippen LogP contribution in [0.25, 0.3) is 0 Å². The number of carbonyl (C=O) groups is 1. The standard InChI is InChI=1S/C21H32N2O2/c1-7-8-9-10-21(13-20(24)25-6,18-11-14(2)22-16(18)4)19-12-15(3)23-17(19)5/h11-12,22-23H,7-10,13H2,1-6H3. The van der Waals surface area contributed by atoms with Crippen molar-refractivity contribution < 1.29 is 9.53 Å². The second-order valence-electron chi connectivity index (χ2n) is 7.27. The summed E-state index contributed by atoms with van der Waals surface area (Å²) in [4.78, 5) is 19.3. The molecule has 4 heteroatoms. The fraction of sp³-hybridized carbons (Fsp3) is 0.571. The molecule has 25 heavy (non-hydrogen) atoms. The molecule has 138 valence electrons. The zero-order chi connectivity index (χ0) is 18.6. The summed E-state index contributed by atoms with van der Waals surface area (Å²) in [6.45, 7) is 10.5. The Morgan fingerprint density at radius 1 is 1.00 bits per heavy atom. The highest BCUT2D eigenvalue weighted by molar-refractivity contribution is 5.73. The molecule has 0 aliphatic heterocycles. The van der Waals surface area contributed by atoms with E-state index in [0.717, 1.165) is 48.5 Å². The van der Waals surface area contributed by atoms with Crippen LogP contribution in [0.5, 0.6) is 0 Å². The molecular formula is C21H32N2O2. The van der Waals surface area contributed by atoms with Crippen molar-refractivity contribution >= 4 is 5.97 Å². The molecule has 0 unspecified atom stereocenters. The van der Waals surface area contributed by atoms with Crippen molar-refractivity contribution in [1.82, 2.24) is 9.97 Å². The maximum absolute atomic E-state index is 12.4. The van der Waals surface area contributed by atoms with Crippen molar-refractivity contribution in [1.29, 1.82) is 0 Å². The first-order chi connectivity index (χ1) is 11.8. The van der Waals surface area contributed by atoms with E-state index in [2.05, 4.69) is 56.7 Å². The molecule has 0 aromatic carbocycles. The maximum Gasteiger partial charge on any atom is 0.306 e. The number of hydrogen-bond acceptors (Lipinski definition) is 2. The second kappa shape index (κ2) is 7.94. The Bertz CT molecular complexity index is 678. The number of H-pyrrole nitrogens is 2. The fourth-order valence-electron chi connectivity index (χ4n) is 4.13. The zero-order valence-corrected chi connectivity index (χ0v) is 16.5. The summed E-state index contributed by atoms with van der Waals surface area (Å²) in [6.07, 6.45) is 4.70. The van der Waals surface area contributed by atoms with E-state index in [1.54, 1.807) is 0 Å². The lowest BCUT2D eigenvalue weighted by Crippen LogP contribution is -2.32. The number of carbonyl (C=O) groups excluding carboxylic acids is 1. The van der Waals surface area contributed by atoms with Crippen LogP contribution < -0.4 is 0 Å². The number of aromatic nitrogens is 2. The highest BCUT2D eigenvalue weighted by Crippen LogP contribution is 2.44. The Balaban J connectivity index is 2.65. The first kappa shape index (κ1) is 19.4. The Hall–Kier alpha value is -1.97. The quantitative estimate of drug-likeness (QED) is 0.522. The molecule has 0 amide bonds. The smallest absolute Gasteiger partial charge is 0.306 e. The normalized spacial score (nSPS) is 11.8. The Morgan fingerprint density at radius 2 is 1.52 bits per heavy atom. The average Bonchev–Trinajstić information content (AvgIpc) is 3.07. The Labute approximate surface area is 151 Å². The van der Waals surface area contributed by atoms with E-state index in [9.17, 15) is 4.79 Å². The molecule has 0 fully saturated rings. The number of aromatic amines is 2. The van der Waals surface area contributed by atoms with Crippen LogP contribution in [0.4, 0.5) is 0 Å². The van der Waals surface area contributed by atoms with Gasteiger partial charge in [0, 0.05) is 28.2 Å². The third-order valence-corrected chi connectivity index (χ3v) is 5.21. The minimum atomic E-state index is -0.355. The number of rotatable bonds is 8. The molecular weight excluding hydrogens is 312 g/mol. The van der Waals surface area contributed by atoms with Crippen molar-refractivity contribution in [2.24, 2.45) is 0 Å². The van der Waals surface area contributed by atoms with Gasteiger partial charge >= 0.3 is 5.97 Å². The molecule has 0 aliphatic rings. The first-order valence-electron chi connectivity index (χ1n) is 9.24. The fourth-order valence-corrected chi connectivity index (χ4v) is 4.13. The molecule has 0 saturated carbocycles. The van der Waals surface area contributed by atoms with Crippen molar-refractivity contribution in [3.8, 4) is 0 Å². The van der Waals surface area contributed by atoms with Gasteiger partial charge in [0.1, 0.15) is 0 Å². The van der Waals surface area contributed by atoms with E-state index in [1.807, 2.05) is 0 Å². The van der Waals surface area contributed by atoms with Gasteiger partial charge in [-0.05, 0) is 57.4 Å². The molecule has 0 aliphatic carbocycles. The molecule has 2 heterocycles. The van der Waals surface area contributed by atoms with Crippen LogP contribution in [0.1, 0.15) is 72.9 Å². The van der Waals surface area contributed by atoms with Gasteiger partial charge in [-0.2, -0.15) is 0 Å². The van der Waals surface area contributed by atoms with Crippen molar-refractivity contribution in [2.45, 2.75) is 72.1 Å². The molecule has 2 aromatic heterocycles. The summed E-state index contributed by atoms with van der Waals surface area (Å²) in [7, 11) is 1.48. The molecule has 4 nitrogen and oxygen atoms in total. The molecule has 2 rings (SSSR count). The zero-order valence-electron chi connectivity index (χ0n) is 16.5. The van der Waals surface area contributed by atoms with Gasteiger partial charge in [-0.1, -0.05) is 26.2 Å². The second-order valence-corrected chi connectivity index (χ2v) is 7.27. The molecule has 0 radical (unpaired) electrons. The summed E-state index contributed by atoms with van der Waals surface area (Å²) < 4.78 is 5.09.